The third kappa shape index (κ3) is 5.27. The number of benzene rings is 1. The maximum absolute atomic E-state index is 5.35. The van der Waals surface area contributed by atoms with Crippen molar-refractivity contribution in [2.45, 2.75) is 46.1 Å². The minimum absolute atomic E-state index is 0. The van der Waals surface area contributed by atoms with Crippen LogP contribution in [-0.4, -0.2) is 29.7 Å². The highest BCUT2D eigenvalue weighted by Gasteiger charge is 2.09. The molecule has 0 amide bonds. The van der Waals surface area contributed by atoms with Gasteiger partial charge in [0.15, 0.2) is 11.7 Å². The van der Waals surface area contributed by atoms with E-state index in [2.05, 4.69) is 70.9 Å². The number of aliphatic imine (C=N–C) groups is 1. The third-order valence-corrected chi connectivity index (χ3v) is 4.78. The van der Waals surface area contributed by atoms with E-state index in [0.717, 1.165) is 36.8 Å². The summed E-state index contributed by atoms with van der Waals surface area (Å²) in [5.41, 5.74) is 4.90. The van der Waals surface area contributed by atoms with Gasteiger partial charge < -0.3 is 20.1 Å². The van der Waals surface area contributed by atoms with E-state index in [9.17, 15) is 0 Å². The van der Waals surface area contributed by atoms with Gasteiger partial charge in [0.1, 0.15) is 0 Å². The first-order valence-electron chi connectivity index (χ1n) is 9.60. The van der Waals surface area contributed by atoms with Crippen LogP contribution in [0.1, 0.15) is 49.3 Å². The average molecular weight is 495 g/mol. The number of hydrogen-bond donors (Lipinski definition) is 3. The van der Waals surface area contributed by atoms with Crippen molar-refractivity contribution in [3.63, 3.8) is 0 Å². The molecule has 0 spiro atoms. The van der Waals surface area contributed by atoms with E-state index < -0.39 is 0 Å². The number of H-pyrrole nitrogens is 1. The zero-order valence-corrected chi connectivity index (χ0v) is 19.3. The molecule has 0 saturated carbocycles. The summed E-state index contributed by atoms with van der Waals surface area (Å²) in [6.07, 6.45) is 4.07. The molecule has 2 heterocycles. The number of para-hydroxylation sites is 1. The van der Waals surface area contributed by atoms with Crippen molar-refractivity contribution in [2.24, 2.45) is 4.99 Å². The molecule has 0 saturated heterocycles. The van der Waals surface area contributed by atoms with Gasteiger partial charge in [-0.05, 0) is 29.9 Å². The molecule has 3 N–H and O–H groups in total. The normalized spacial score (nSPS) is 11.7. The number of aryl methyl sites for hydroxylation is 1. The molecule has 0 fully saturated rings. The Morgan fingerprint density at radius 2 is 2.07 bits per heavy atom. The number of nitrogens with zero attached hydrogens (tertiary/aromatic N) is 2. The predicted molar refractivity (Wildman–Crippen MR) is 126 cm³/mol. The van der Waals surface area contributed by atoms with Gasteiger partial charge in [0, 0.05) is 36.8 Å². The first-order chi connectivity index (χ1) is 13.1. The van der Waals surface area contributed by atoms with Crippen LogP contribution in [0.3, 0.4) is 0 Å². The second kappa shape index (κ2) is 10.5. The van der Waals surface area contributed by atoms with Crippen LogP contribution < -0.4 is 10.6 Å². The molecule has 0 radical (unpaired) electrons. The van der Waals surface area contributed by atoms with E-state index in [4.69, 9.17) is 4.52 Å². The smallest absolute Gasteiger partial charge is 0.191 e. The molecule has 2 aromatic heterocycles. The zero-order chi connectivity index (χ0) is 19.2. The molecule has 0 aliphatic carbocycles. The molecule has 0 atom stereocenters. The number of hydrogen-bond acceptors (Lipinski definition) is 3. The Labute approximate surface area is 183 Å². The standard InChI is InChI=1S/C21H29N5O.HI/c1-5-15-7-6-8-18-16(12-24-20(15)18)9-10-23-21(22-4)25-13-17-11-19(14(2)3)26-27-17;/h6-8,11-12,14,24H,5,9-10,13H2,1-4H3,(H2,22,23,25);1H. The number of aromatic nitrogens is 2. The second-order valence-electron chi connectivity index (χ2n) is 6.98. The van der Waals surface area contributed by atoms with E-state index in [1.54, 1.807) is 7.05 Å². The summed E-state index contributed by atoms with van der Waals surface area (Å²) in [5.74, 6) is 1.93. The fourth-order valence-electron chi connectivity index (χ4n) is 3.17. The van der Waals surface area contributed by atoms with E-state index in [1.807, 2.05) is 6.07 Å². The summed E-state index contributed by atoms with van der Waals surface area (Å²) in [6, 6.07) is 8.49. The van der Waals surface area contributed by atoms with Crippen molar-refractivity contribution < 1.29 is 4.52 Å². The monoisotopic (exact) mass is 495 g/mol. The average Bonchev–Trinajstić information content (AvgIpc) is 3.31. The van der Waals surface area contributed by atoms with Crippen LogP contribution in [0, 0.1) is 0 Å². The molecular formula is C21H30IN5O. The molecule has 152 valence electrons. The quantitative estimate of drug-likeness (QED) is 0.259. The van der Waals surface area contributed by atoms with Crippen molar-refractivity contribution in [3.8, 4) is 0 Å². The topological polar surface area (TPSA) is 78.2 Å². The van der Waals surface area contributed by atoms with Gasteiger partial charge in [-0.15, -0.1) is 24.0 Å². The maximum atomic E-state index is 5.35. The molecule has 0 bridgehead atoms. The molecule has 7 heteroatoms. The predicted octanol–water partition coefficient (Wildman–Crippen LogP) is 4.37. The lowest BCUT2D eigenvalue weighted by atomic mass is 10.1. The van der Waals surface area contributed by atoms with Gasteiger partial charge in [0.25, 0.3) is 0 Å². The number of aromatic amines is 1. The third-order valence-electron chi connectivity index (χ3n) is 4.78. The van der Waals surface area contributed by atoms with Gasteiger partial charge in [0.2, 0.25) is 0 Å². The minimum atomic E-state index is 0. The summed E-state index contributed by atoms with van der Waals surface area (Å²) >= 11 is 0. The molecule has 0 aliphatic rings. The Morgan fingerprint density at radius 1 is 1.25 bits per heavy atom. The van der Waals surface area contributed by atoms with E-state index >= 15 is 0 Å². The van der Waals surface area contributed by atoms with E-state index in [-0.39, 0.29) is 24.0 Å². The molecule has 3 aromatic rings. The summed E-state index contributed by atoms with van der Waals surface area (Å²) in [6.45, 7) is 7.75. The summed E-state index contributed by atoms with van der Waals surface area (Å²) < 4.78 is 5.35. The van der Waals surface area contributed by atoms with Crippen LogP contribution in [0.4, 0.5) is 0 Å². The van der Waals surface area contributed by atoms with E-state index in [1.165, 1.54) is 22.0 Å². The number of nitrogens with one attached hydrogen (secondary N) is 3. The molecular weight excluding hydrogens is 465 g/mol. The Hall–Kier alpha value is -2.03. The summed E-state index contributed by atoms with van der Waals surface area (Å²) in [4.78, 5) is 7.70. The molecule has 0 unspecified atom stereocenters. The Morgan fingerprint density at radius 3 is 2.75 bits per heavy atom. The first kappa shape index (κ1) is 22.3. The molecule has 0 aliphatic heterocycles. The highest BCUT2D eigenvalue weighted by Crippen LogP contribution is 2.22. The van der Waals surface area contributed by atoms with Gasteiger partial charge in [-0.25, -0.2) is 0 Å². The van der Waals surface area contributed by atoms with E-state index in [0.29, 0.717) is 12.5 Å². The van der Waals surface area contributed by atoms with Gasteiger partial charge in [0.05, 0.1) is 12.2 Å². The van der Waals surface area contributed by atoms with Gasteiger partial charge in [-0.3, -0.25) is 4.99 Å². The lowest BCUT2D eigenvalue weighted by Gasteiger charge is -2.10. The highest BCUT2D eigenvalue weighted by atomic mass is 127. The number of rotatable bonds is 7. The lowest BCUT2D eigenvalue weighted by Crippen LogP contribution is -2.37. The summed E-state index contributed by atoms with van der Waals surface area (Å²) in [7, 11) is 1.77. The van der Waals surface area contributed by atoms with Gasteiger partial charge >= 0.3 is 0 Å². The first-order valence-corrected chi connectivity index (χ1v) is 9.60. The van der Waals surface area contributed by atoms with Crippen LogP contribution in [-0.2, 0) is 19.4 Å². The summed E-state index contributed by atoms with van der Waals surface area (Å²) in [5, 5.41) is 12.0. The molecule has 1 aromatic carbocycles. The van der Waals surface area contributed by atoms with Crippen LogP contribution in [0.5, 0.6) is 0 Å². The fourth-order valence-corrected chi connectivity index (χ4v) is 3.17. The lowest BCUT2D eigenvalue weighted by molar-refractivity contribution is 0.372. The van der Waals surface area contributed by atoms with Crippen molar-refractivity contribution in [1.82, 2.24) is 20.8 Å². The Balaban J connectivity index is 0.00000280. The van der Waals surface area contributed by atoms with Gasteiger partial charge in [-0.2, -0.15) is 0 Å². The Bertz CT molecular complexity index is 913. The van der Waals surface area contributed by atoms with Gasteiger partial charge in [-0.1, -0.05) is 44.1 Å². The second-order valence-corrected chi connectivity index (χ2v) is 6.98. The van der Waals surface area contributed by atoms with Crippen molar-refractivity contribution in [3.05, 3.63) is 53.0 Å². The van der Waals surface area contributed by atoms with Crippen molar-refractivity contribution in [2.75, 3.05) is 13.6 Å². The minimum Gasteiger partial charge on any atom is -0.361 e. The number of halogens is 1. The van der Waals surface area contributed by atoms with Crippen molar-refractivity contribution in [1.29, 1.82) is 0 Å². The number of guanidine groups is 1. The van der Waals surface area contributed by atoms with Crippen LogP contribution in [0.2, 0.25) is 0 Å². The zero-order valence-electron chi connectivity index (χ0n) is 17.0. The maximum Gasteiger partial charge on any atom is 0.191 e. The molecule has 28 heavy (non-hydrogen) atoms. The number of fused-ring (bicyclic) bond motifs is 1. The Kier molecular flexibility index (Phi) is 8.35. The molecule has 6 nitrogen and oxygen atoms in total. The fraction of sp³-hybridized carbons (Fsp3) is 0.429. The highest BCUT2D eigenvalue weighted by molar-refractivity contribution is 14.0. The molecule has 3 rings (SSSR count). The SMILES string of the molecule is CCc1cccc2c(CCNC(=NC)NCc3cc(C(C)C)no3)c[nH]c12.I. The van der Waals surface area contributed by atoms with Crippen molar-refractivity contribution >= 4 is 40.8 Å². The van der Waals surface area contributed by atoms with Crippen LogP contribution >= 0.6 is 24.0 Å². The van der Waals surface area contributed by atoms with Crippen LogP contribution in [0.25, 0.3) is 10.9 Å². The van der Waals surface area contributed by atoms with Crippen LogP contribution in [0.15, 0.2) is 40.0 Å². The largest absolute Gasteiger partial charge is 0.361 e.